The van der Waals surface area contributed by atoms with Gasteiger partial charge in [-0.1, -0.05) is 35.9 Å². The molecule has 0 aliphatic rings. The second kappa shape index (κ2) is 7.01. The van der Waals surface area contributed by atoms with Gasteiger partial charge in [0.15, 0.2) is 5.82 Å². The van der Waals surface area contributed by atoms with E-state index in [1.165, 1.54) is 12.4 Å². The molecule has 0 spiro atoms. The summed E-state index contributed by atoms with van der Waals surface area (Å²) in [5.74, 6) is -0.150. The molecule has 0 radical (unpaired) electrons. The zero-order valence-electron chi connectivity index (χ0n) is 14.0. The molecule has 0 atom stereocenters. The fraction of sp³-hybridized carbons (Fsp3) is 0. The van der Waals surface area contributed by atoms with Crippen LogP contribution in [0.4, 0.5) is 0 Å². The normalized spacial score (nSPS) is 10.7. The van der Waals surface area contributed by atoms with Crippen molar-refractivity contribution in [2.45, 2.75) is 0 Å². The Bertz CT molecular complexity index is 1210. The first kappa shape index (κ1) is 16.9. The lowest BCUT2D eigenvalue weighted by atomic mass is 10.2. The number of hydrogen-bond acceptors (Lipinski definition) is 4. The minimum atomic E-state index is -0.445. The van der Waals surface area contributed by atoms with E-state index in [4.69, 9.17) is 11.6 Å². The SMILES string of the molecule is O=C(Nn1c(-c2cccc(Cl)c2)nc2ccccc2c1=O)c1ccncc1. The molecule has 0 aliphatic carbocycles. The van der Waals surface area contributed by atoms with Crippen LogP contribution < -0.4 is 11.0 Å². The highest BCUT2D eigenvalue weighted by atomic mass is 35.5. The van der Waals surface area contributed by atoms with Crippen LogP contribution >= 0.6 is 11.6 Å². The molecule has 0 fully saturated rings. The van der Waals surface area contributed by atoms with E-state index in [9.17, 15) is 9.59 Å². The molecule has 0 bridgehead atoms. The van der Waals surface area contributed by atoms with Gasteiger partial charge in [0.1, 0.15) is 0 Å². The molecule has 4 aromatic rings. The number of para-hydroxylation sites is 1. The van der Waals surface area contributed by atoms with Gasteiger partial charge < -0.3 is 0 Å². The monoisotopic (exact) mass is 376 g/mol. The third kappa shape index (κ3) is 3.30. The molecule has 7 heteroatoms. The first-order valence-corrected chi connectivity index (χ1v) is 8.50. The van der Waals surface area contributed by atoms with Crippen molar-refractivity contribution in [3.63, 3.8) is 0 Å². The third-order valence-corrected chi connectivity index (χ3v) is 4.25. The van der Waals surface area contributed by atoms with E-state index in [2.05, 4.69) is 15.4 Å². The highest BCUT2D eigenvalue weighted by Crippen LogP contribution is 2.21. The van der Waals surface area contributed by atoms with Crippen LogP contribution in [0.25, 0.3) is 22.3 Å². The first-order chi connectivity index (χ1) is 13.1. The van der Waals surface area contributed by atoms with Crippen LogP contribution in [0.15, 0.2) is 77.9 Å². The molecule has 0 aliphatic heterocycles. The molecule has 0 saturated carbocycles. The minimum Gasteiger partial charge on any atom is -0.267 e. The summed E-state index contributed by atoms with van der Waals surface area (Å²) in [5.41, 5.74) is 3.78. The number of halogens is 1. The minimum absolute atomic E-state index is 0.295. The van der Waals surface area contributed by atoms with Crippen LogP contribution in [0, 0.1) is 0 Å². The smallest absolute Gasteiger partial charge is 0.267 e. The lowest BCUT2D eigenvalue weighted by molar-refractivity contribution is 0.101. The Balaban J connectivity index is 1.92. The van der Waals surface area contributed by atoms with E-state index in [0.717, 1.165) is 4.68 Å². The van der Waals surface area contributed by atoms with Crippen molar-refractivity contribution >= 4 is 28.4 Å². The fourth-order valence-corrected chi connectivity index (χ4v) is 2.92. The number of nitrogens with one attached hydrogen (secondary N) is 1. The maximum absolute atomic E-state index is 13.0. The van der Waals surface area contributed by atoms with E-state index in [1.807, 2.05) is 0 Å². The molecule has 2 aromatic heterocycles. The van der Waals surface area contributed by atoms with E-state index in [0.29, 0.717) is 32.9 Å². The molecule has 2 aromatic carbocycles. The van der Waals surface area contributed by atoms with E-state index < -0.39 is 5.91 Å². The average molecular weight is 377 g/mol. The van der Waals surface area contributed by atoms with E-state index in [1.54, 1.807) is 60.7 Å². The summed E-state index contributed by atoms with van der Waals surface area (Å²) in [4.78, 5) is 34.1. The number of amides is 1. The van der Waals surface area contributed by atoms with Gasteiger partial charge in [0.25, 0.3) is 11.5 Å². The van der Waals surface area contributed by atoms with Gasteiger partial charge in [0, 0.05) is 28.5 Å². The largest absolute Gasteiger partial charge is 0.280 e. The zero-order chi connectivity index (χ0) is 18.8. The molecular weight excluding hydrogens is 364 g/mol. The lowest BCUT2D eigenvalue weighted by Crippen LogP contribution is -2.35. The van der Waals surface area contributed by atoms with Crippen LogP contribution in [-0.2, 0) is 0 Å². The van der Waals surface area contributed by atoms with Crippen LogP contribution in [-0.4, -0.2) is 20.6 Å². The van der Waals surface area contributed by atoms with Crippen LogP contribution in [0.5, 0.6) is 0 Å². The summed E-state index contributed by atoms with van der Waals surface area (Å²) in [6.07, 6.45) is 3.02. The van der Waals surface area contributed by atoms with Gasteiger partial charge in [0.2, 0.25) is 0 Å². The summed E-state index contributed by atoms with van der Waals surface area (Å²) >= 11 is 6.10. The lowest BCUT2D eigenvalue weighted by Gasteiger charge is -2.14. The Morgan fingerprint density at radius 2 is 1.78 bits per heavy atom. The summed E-state index contributed by atoms with van der Waals surface area (Å²) in [7, 11) is 0. The van der Waals surface area contributed by atoms with Crippen LogP contribution in [0.1, 0.15) is 10.4 Å². The molecule has 27 heavy (non-hydrogen) atoms. The fourth-order valence-electron chi connectivity index (χ4n) is 2.73. The van der Waals surface area contributed by atoms with Crippen LogP contribution in [0.3, 0.4) is 0 Å². The molecule has 4 rings (SSSR count). The van der Waals surface area contributed by atoms with Gasteiger partial charge in [0.05, 0.1) is 10.9 Å². The predicted molar refractivity (Wildman–Crippen MR) is 104 cm³/mol. The Morgan fingerprint density at radius 1 is 1.00 bits per heavy atom. The molecule has 0 saturated heterocycles. The predicted octanol–water partition coefficient (Wildman–Crippen LogP) is 3.50. The van der Waals surface area contributed by atoms with Gasteiger partial charge in [-0.05, 0) is 36.4 Å². The standard InChI is InChI=1S/C20H13ClN4O2/c21-15-5-3-4-14(12-15)18-23-17-7-2-1-6-16(17)20(27)25(18)24-19(26)13-8-10-22-11-9-13/h1-12H,(H,24,26). The number of aromatic nitrogens is 3. The number of rotatable bonds is 3. The average Bonchev–Trinajstić information content (AvgIpc) is 2.70. The third-order valence-electron chi connectivity index (χ3n) is 4.01. The summed E-state index contributed by atoms with van der Waals surface area (Å²) in [6.45, 7) is 0. The number of fused-ring (bicyclic) bond motifs is 1. The number of carbonyl (C=O) groups excluding carboxylic acids is 1. The Morgan fingerprint density at radius 3 is 2.56 bits per heavy atom. The van der Waals surface area contributed by atoms with Crippen LogP contribution in [0.2, 0.25) is 5.02 Å². The maximum atomic E-state index is 13.0. The van der Waals surface area contributed by atoms with Crippen molar-refractivity contribution in [3.8, 4) is 11.4 Å². The Labute approximate surface area is 159 Å². The quantitative estimate of drug-likeness (QED) is 0.593. The summed E-state index contributed by atoms with van der Waals surface area (Å²) in [6, 6.07) is 17.0. The second-order valence-electron chi connectivity index (χ2n) is 5.78. The topological polar surface area (TPSA) is 76.9 Å². The van der Waals surface area contributed by atoms with Gasteiger partial charge in [-0.25, -0.2) is 4.98 Å². The number of benzene rings is 2. The molecule has 6 nitrogen and oxygen atoms in total. The van der Waals surface area contributed by atoms with Crippen molar-refractivity contribution in [1.82, 2.24) is 14.6 Å². The van der Waals surface area contributed by atoms with Gasteiger partial charge in [-0.15, -0.1) is 0 Å². The van der Waals surface area contributed by atoms with Gasteiger partial charge in [-0.2, -0.15) is 4.68 Å². The van der Waals surface area contributed by atoms with Crippen molar-refractivity contribution in [2.24, 2.45) is 0 Å². The molecule has 1 N–H and O–H groups in total. The summed E-state index contributed by atoms with van der Waals surface area (Å²) < 4.78 is 1.15. The number of hydrogen-bond donors (Lipinski definition) is 1. The van der Waals surface area contributed by atoms with Gasteiger partial charge in [-0.3, -0.25) is 20.0 Å². The molecule has 1 amide bonds. The highest BCUT2D eigenvalue weighted by molar-refractivity contribution is 6.30. The first-order valence-electron chi connectivity index (χ1n) is 8.12. The molecule has 0 unspecified atom stereocenters. The summed E-state index contributed by atoms with van der Waals surface area (Å²) in [5, 5.41) is 0.903. The Kier molecular flexibility index (Phi) is 4.40. The highest BCUT2D eigenvalue weighted by Gasteiger charge is 2.16. The molecule has 2 heterocycles. The molecular formula is C20H13ClN4O2. The Hall–Kier alpha value is -3.51. The van der Waals surface area contributed by atoms with Crippen molar-refractivity contribution < 1.29 is 4.79 Å². The zero-order valence-corrected chi connectivity index (χ0v) is 14.7. The maximum Gasteiger partial charge on any atom is 0.280 e. The number of pyridine rings is 1. The molecule has 132 valence electrons. The van der Waals surface area contributed by atoms with Crippen molar-refractivity contribution in [2.75, 3.05) is 5.43 Å². The number of nitrogens with zero attached hydrogens (tertiary/aromatic N) is 3. The van der Waals surface area contributed by atoms with Gasteiger partial charge >= 0.3 is 0 Å². The number of carbonyl (C=O) groups is 1. The van der Waals surface area contributed by atoms with Crippen molar-refractivity contribution in [1.29, 1.82) is 0 Å². The van der Waals surface area contributed by atoms with E-state index in [-0.39, 0.29) is 5.56 Å². The van der Waals surface area contributed by atoms with Crippen molar-refractivity contribution in [3.05, 3.63) is 94.0 Å². The van der Waals surface area contributed by atoms with E-state index >= 15 is 0 Å². The second-order valence-corrected chi connectivity index (χ2v) is 6.22.